The van der Waals surface area contributed by atoms with Crippen molar-refractivity contribution in [1.82, 2.24) is 4.98 Å². The van der Waals surface area contributed by atoms with Crippen molar-refractivity contribution in [2.45, 2.75) is 13.3 Å². The summed E-state index contributed by atoms with van der Waals surface area (Å²) in [6, 6.07) is 9.95. The van der Waals surface area contributed by atoms with Gasteiger partial charge in [0, 0.05) is 4.88 Å². The summed E-state index contributed by atoms with van der Waals surface area (Å²) in [5, 5.41) is 0. The van der Waals surface area contributed by atoms with Crippen LogP contribution in [0.15, 0.2) is 35.1 Å². The van der Waals surface area contributed by atoms with E-state index >= 15 is 0 Å². The van der Waals surface area contributed by atoms with Gasteiger partial charge in [-0.15, -0.1) is 0 Å². The first-order valence-electron chi connectivity index (χ1n) is 4.58. The van der Waals surface area contributed by atoms with Crippen molar-refractivity contribution in [3.05, 3.63) is 44.9 Å². The van der Waals surface area contributed by atoms with Crippen LogP contribution in [-0.2, 0) is 6.42 Å². The van der Waals surface area contributed by atoms with E-state index < -0.39 is 0 Å². The van der Waals surface area contributed by atoms with Crippen LogP contribution in [0.1, 0.15) is 11.8 Å². The molecule has 72 valence electrons. The average Bonchev–Trinajstić information content (AvgIpc) is 2.61. The van der Waals surface area contributed by atoms with E-state index in [-0.39, 0.29) is 4.87 Å². The summed E-state index contributed by atoms with van der Waals surface area (Å²) in [6.07, 6.45) is 0.896. The molecule has 0 bridgehead atoms. The van der Waals surface area contributed by atoms with Gasteiger partial charge in [0.25, 0.3) is 0 Å². The lowest BCUT2D eigenvalue weighted by Gasteiger charge is -1.99. The Balaban J connectivity index is 2.56. The summed E-state index contributed by atoms with van der Waals surface area (Å²) in [5.41, 5.74) is 2.06. The standard InChI is InChI=1S/C11H11NOS/c1-2-9-10(12-11(13)14-9)8-6-4-3-5-7-8/h3-7H,2H2,1H3,(H,12,13). The van der Waals surface area contributed by atoms with E-state index in [1.807, 2.05) is 30.3 Å². The molecule has 2 rings (SSSR count). The molecule has 0 atom stereocenters. The number of nitrogens with one attached hydrogen (secondary N) is 1. The molecule has 1 aromatic carbocycles. The second-order valence-electron chi connectivity index (χ2n) is 3.03. The number of benzene rings is 1. The van der Waals surface area contributed by atoms with Gasteiger partial charge >= 0.3 is 4.87 Å². The Kier molecular flexibility index (Phi) is 2.50. The Morgan fingerprint density at radius 2 is 2.00 bits per heavy atom. The maximum atomic E-state index is 11.2. The van der Waals surface area contributed by atoms with Gasteiger partial charge in [-0.2, -0.15) is 0 Å². The molecule has 1 heterocycles. The topological polar surface area (TPSA) is 32.9 Å². The van der Waals surface area contributed by atoms with Crippen molar-refractivity contribution in [3.8, 4) is 11.3 Å². The van der Waals surface area contributed by atoms with E-state index in [1.54, 1.807) is 0 Å². The van der Waals surface area contributed by atoms with E-state index in [0.717, 1.165) is 22.6 Å². The fraction of sp³-hybridized carbons (Fsp3) is 0.182. The summed E-state index contributed by atoms with van der Waals surface area (Å²) in [5.74, 6) is 0. The minimum Gasteiger partial charge on any atom is -0.312 e. The van der Waals surface area contributed by atoms with Crippen LogP contribution in [0.25, 0.3) is 11.3 Å². The van der Waals surface area contributed by atoms with Gasteiger partial charge in [0.05, 0.1) is 5.69 Å². The molecular weight excluding hydrogens is 194 g/mol. The molecule has 1 N–H and O–H groups in total. The van der Waals surface area contributed by atoms with E-state index in [1.165, 1.54) is 11.3 Å². The number of aryl methyl sites for hydroxylation is 1. The highest BCUT2D eigenvalue weighted by Crippen LogP contribution is 2.22. The van der Waals surface area contributed by atoms with Crippen LogP contribution in [0, 0.1) is 0 Å². The third kappa shape index (κ3) is 1.63. The van der Waals surface area contributed by atoms with Crippen LogP contribution in [0.3, 0.4) is 0 Å². The van der Waals surface area contributed by atoms with Crippen molar-refractivity contribution in [2.75, 3.05) is 0 Å². The smallest absolute Gasteiger partial charge is 0.305 e. The molecule has 0 aliphatic heterocycles. The summed E-state index contributed by atoms with van der Waals surface area (Å²) in [6.45, 7) is 2.06. The number of aromatic nitrogens is 1. The maximum Gasteiger partial charge on any atom is 0.305 e. The Morgan fingerprint density at radius 1 is 1.29 bits per heavy atom. The Bertz CT molecular complexity index is 470. The predicted molar refractivity (Wildman–Crippen MR) is 59.8 cm³/mol. The second kappa shape index (κ2) is 3.80. The maximum absolute atomic E-state index is 11.2. The lowest BCUT2D eigenvalue weighted by atomic mass is 10.1. The molecule has 0 saturated carbocycles. The lowest BCUT2D eigenvalue weighted by molar-refractivity contribution is 1.17. The first-order valence-corrected chi connectivity index (χ1v) is 5.40. The number of rotatable bonds is 2. The van der Waals surface area contributed by atoms with Gasteiger partial charge in [0.1, 0.15) is 0 Å². The predicted octanol–water partition coefficient (Wildman–Crippen LogP) is 2.67. The van der Waals surface area contributed by atoms with Gasteiger partial charge < -0.3 is 4.98 Å². The van der Waals surface area contributed by atoms with Gasteiger partial charge in [-0.3, -0.25) is 4.79 Å². The second-order valence-corrected chi connectivity index (χ2v) is 4.10. The lowest BCUT2D eigenvalue weighted by Crippen LogP contribution is -1.92. The minimum absolute atomic E-state index is 0.0284. The molecule has 0 aliphatic rings. The molecule has 0 spiro atoms. The number of aromatic amines is 1. The molecule has 0 saturated heterocycles. The fourth-order valence-electron chi connectivity index (χ4n) is 1.45. The van der Waals surface area contributed by atoms with Crippen LogP contribution in [-0.4, -0.2) is 4.98 Å². The van der Waals surface area contributed by atoms with Crippen molar-refractivity contribution < 1.29 is 0 Å². The monoisotopic (exact) mass is 205 g/mol. The van der Waals surface area contributed by atoms with Crippen molar-refractivity contribution in [1.29, 1.82) is 0 Å². The number of hydrogen-bond donors (Lipinski definition) is 1. The third-order valence-corrected chi connectivity index (χ3v) is 3.13. The van der Waals surface area contributed by atoms with Crippen molar-refractivity contribution in [3.63, 3.8) is 0 Å². The largest absolute Gasteiger partial charge is 0.312 e. The molecule has 14 heavy (non-hydrogen) atoms. The SMILES string of the molecule is CCc1sc(=O)[nH]c1-c1ccccc1. The van der Waals surface area contributed by atoms with E-state index in [0.29, 0.717) is 0 Å². The van der Waals surface area contributed by atoms with Gasteiger partial charge in [0.15, 0.2) is 0 Å². The van der Waals surface area contributed by atoms with Gasteiger partial charge in [-0.25, -0.2) is 0 Å². The average molecular weight is 205 g/mol. The molecule has 0 radical (unpaired) electrons. The van der Waals surface area contributed by atoms with E-state index in [4.69, 9.17) is 0 Å². The zero-order valence-corrected chi connectivity index (χ0v) is 8.73. The van der Waals surface area contributed by atoms with E-state index in [9.17, 15) is 4.79 Å². The molecule has 0 fully saturated rings. The van der Waals surface area contributed by atoms with Crippen LogP contribution < -0.4 is 4.87 Å². The summed E-state index contributed by atoms with van der Waals surface area (Å²) >= 11 is 1.30. The highest BCUT2D eigenvalue weighted by atomic mass is 32.1. The molecule has 0 aliphatic carbocycles. The summed E-state index contributed by atoms with van der Waals surface area (Å²) in [4.78, 5) is 15.2. The first-order chi connectivity index (χ1) is 6.81. The van der Waals surface area contributed by atoms with Crippen molar-refractivity contribution >= 4 is 11.3 Å². The summed E-state index contributed by atoms with van der Waals surface area (Å²) < 4.78 is 0. The van der Waals surface area contributed by atoms with Crippen LogP contribution in [0.2, 0.25) is 0 Å². The Morgan fingerprint density at radius 3 is 2.64 bits per heavy atom. The van der Waals surface area contributed by atoms with Gasteiger partial charge in [-0.1, -0.05) is 48.6 Å². The molecule has 3 heteroatoms. The van der Waals surface area contributed by atoms with Gasteiger partial charge in [0.2, 0.25) is 0 Å². The number of thiazole rings is 1. The molecule has 2 nitrogen and oxygen atoms in total. The fourth-order valence-corrected chi connectivity index (χ4v) is 2.24. The molecule has 0 amide bonds. The summed E-state index contributed by atoms with van der Waals surface area (Å²) in [7, 11) is 0. The Hall–Kier alpha value is -1.35. The number of hydrogen-bond acceptors (Lipinski definition) is 2. The highest BCUT2D eigenvalue weighted by molar-refractivity contribution is 7.09. The third-order valence-electron chi connectivity index (χ3n) is 2.11. The normalized spacial score (nSPS) is 10.4. The first kappa shape index (κ1) is 9.21. The Labute approximate surface area is 86.2 Å². The zero-order valence-electron chi connectivity index (χ0n) is 7.91. The van der Waals surface area contributed by atoms with Crippen LogP contribution in [0.5, 0.6) is 0 Å². The zero-order chi connectivity index (χ0) is 9.97. The van der Waals surface area contributed by atoms with Crippen molar-refractivity contribution in [2.24, 2.45) is 0 Å². The van der Waals surface area contributed by atoms with Crippen LogP contribution in [0.4, 0.5) is 0 Å². The van der Waals surface area contributed by atoms with Crippen LogP contribution >= 0.6 is 11.3 Å². The highest BCUT2D eigenvalue weighted by Gasteiger charge is 2.07. The minimum atomic E-state index is 0.0284. The van der Waals surface area contributed by atoms with E-state index in [2.05, 4.69) is 11.9 Å². The quantitative estimate of drug-likeness (QED) is 0.803. The molecule has 0 unspecified atom stereocenters. The molecular formula is C11H11NOS. The number of H-pyrrole nitrogens is 1. The molecule has 2 aromatic rings. The molecule has 1 aromatic heterocycles. The van der Waals surface area contributed by atoms with Gasteiger partial charge in [-0.05, 0) is 12.0 Å².